The number of rotatable bonds is 4. The Hall–Kier alpha value is -2.77. The molecular weight excluding hydrogens is 411 g/mol. The van der Waals surface area contributed by atoms with Crippen LogP contribution in [-0.2, 0) is 6.54 Å². The molecule has 2 aromatic carbocycles. The SMILES string of the molecule is CCN1CCN(c2cc3c(cc2F)c(=O)c(-c2nc4ccccc4s2)cn3CC)CC1. The molecule has 1 saturated heterocycles. The van der Waals surface area contributed by atoms with E-state index in [1.807, 2.05) is 48.0 Å². The predicted octanol–water partition coefficient (Wildman–Crippen LogP) is 4.58. The van der Waals surface area contributed by atoms with Crippen molar-refractivity contribution in [2.75, 3.05) is 37.6 Å². The van der Waals surface area contributed by atoms with Crippen molar-refractivity contribution in [2.24, 2.45) is 0 Å². The summed E-state index contributed by atoms with van der Waals surface area (Å²) in [6, 6.07) is 11.1. The summed E-state index contributed by atoms with van der Waals surface area (Å²) >= 11 is 1.49. The topological polar surface area (TPSA) is 41.4 Å². The zero-order chi connectivity index (χ0) is 21.5. The van der Waals surface area contributed by atoms with Crippen molar-refractivity contribution in [1.82, 2.24) is 14.5 Å². The van der Waals surface area contributed by atoms with Gasteiger partial charge < -0.3 is 14.4 Å². The molecule has 1 aliphatic heterocycles. The minimum absolute atomic E-state index is 0.167. The molecule has 0 bridgehead atoms. The van der Waals surface area contributed by atoms with E-state index in [2.05, 4.69) is 21.7 Å². The minimum atomic E-state index is -0.335. The fourth-order valence-corrected chi connectivity index (χ4v) is 5.32. The molecule has 0 unspecified atom stereocenters. The highest BCUT2D eigenvalue weighted by Gasteiger charge is 2.21. The van der Waals surface area contributed by atoms with E-state index in [0.29, 0.717) is 28.2 Å². The molecule has 0 radical (unpaired) electrons. The van der Waals surface area contributed by atoms with E-state index in [0.717, 1.165) is 48.5 Å². The molecule has 4 aromatic rings. The van der Waals surface area contributed by atoms with Crippen LogP contribution in [-0.4, -0.2) is 47.2 Å². The fraction of sp³-hybridized carbons (Fsp3) is 0.333. The highest BCUT2D eigenvalue weighted by atomic mass is 32.1. The molecule has 160 valence electrons. The number of thiazole rings is 1. The molecule has 1 aliphatic rings. The fourth-order valence-electron chi connectivity index (χ4n) is 4.35. The van der Waals surface area contributed by atoms with Gasteiger partial charge in [-0.2, -0.15) is 0 Å². The molecule has 0 spiro atoms. The second-order valence-corrected chi connectivity index (χ2v) is 8.92. The number of halogens is 1. The Bertz CT molecular complexity index is 1290. The van der Waals surface area contributed by atoms with Crippen LogP contribution in [0.15, 0.2) is 47.4 Å². The number of para-hydroxylation sites is 1. The van der Waals surface area contributed by atoms with Gasteiger partial charge in [-0.3, -0.25) is 4.79 Å². The van der Waals surface area contributed by atoms with Crippen LogP contribution in [0.2, 0.25) is 0 Å². The quantitative estimate of drug-likeness (QED) is 0.470. The van der Waals surface area contributed by atoms with E-state index < -0.39 is 0 Å². The van der Waals surface area contributed by atoms with Gasteiger partial charge >= 0.3 is 0 Å². The predicted molar refractivity (Wildman–Crippen MR) is 127 cm³/mol. The molecule has 0 N–H and O–H groups in total. The molecular formula is C24H25FN4OS. The van der Waals surface area contributed by atoms with Gasteiger partial charge in [-0.25, -0.2) is 9.37 Å². The van der Waals surface area contributed by atoms with E-state index in [1.54, 1.807) is 0 Å². The van der Waals surface area contributed by atoms with Crippen LogP contribution in [0.5, 0.6) is 0 Å². The Labute approximate surface area is 184 Å². The molecule has 2 aromatic heterocycles. The Morgan fingerprint density at radius 1 is 1.06 bits per heavy atom. The van der Waals surface area contributed by atoms with Crippen LogP contribution in [0.3, 0.4) is 0 Å². The summed E-state index contributed by atoms with van der Waals surface area (Å²) in [4.78, 5) is 22.5. The number of pyridine rings is 1. The van der Waals surface area contributed by atoms with Crippen LogP contribution in [0, 0.1) is 5.82 Å². The van der Waals surface area contributed by atoms with Gasteiger partial charge in [-0.05, 0) is 37.7 Å². The van der Waals surface area contributed by atoms with Crippen molar-refractivity contribution >= 4 is 38.1 Å². The van der Waals surface area contributed by atoms with Gasteiger partial charge in [-0.1, -0.05) is 19.1 Å². The average molecular weight is 437 g/mol. The minimum Gasteiger partial charge on any atom is -0.367 e. The number of nitrogens with zero attached hydrogens (tertiary/aromatic N) is 4. The zero-order valence-electron chi connectivity index (χ0n) is 17.8. The van der Waals surface area contributed by atoms with Gasteiger partial charge in [0.25, 0.3) is 0 Å². The van der Waals surface area contributed by atoms with Crippen LogP contribution in [0.1, 0.15) is 13.8 Å². The average Bonchev–Trinajstić information content (AvgIpc) is 3.23. The maximum atomic E-state index is 15.2. The van der Waals surface area contributed by atoms with Crippen molar-refractivity contribution in [3.05, 3.63) is 58.6 Å². The Kier molecular flexibility index (Phi) is 5.24. The molecule has 0 aliphatic carbocycles. The molecule has 0 atom stereocenters. The molecule has 7 heteroatoms. The van der Waals surface area contributed by atoms with Gasteiger partial charge in [0.05, 0.1) is 27.0 Å². The van der Waals surface area contributed by atoms with Crippen LogP contribution < -0.4 is 10.3 Å². The number of aromatic nitrogens is 2. The third-order valence-corrected chi connectivity index (χ3v) is 7.24. The molecule has 5 rings (SSSR count). The highest BCUT2D eigenvalue weighted by molar-refractivity contribution is 7.21. The van der Waals surface area contributed by atoms with Crippen molar-refractivity contribution in [1.29, 1.82) is 0 Å². The summed E-state index contributed by atoms with van der Waals surface area (Å²) in [6.45, 7) is 9.30. The third kappa shape index (κ3) is 3.51. The largest absolute Gasteiger partial charge is 0.367 e. The lowest BCUT2D eigenvalue weighted by Gasteiger charge is -2.35. The number of likely N-dealkylation sites (N-methyl/N-ethyl adjacent to an activating group) is 1. The Morgan fingerprint density at radius 3 is 2.55 bits per heavy atom. The van der Waals surface area contributed by atoms with E-state index in [1.165, 1.54) is 17.4 Å². The standard InChI is InChI=1S/C24H25FN4OS/c1-3-27-9-11-29(12-10-27)21-14-20-16(13-18(21)25)23(30)17(15-28(20)4-2)24-26-19-7-5-6-8-22(19)31-24/h5-8,13-15H,3-4,9-12H2,1-2H3. The first kappa shape index (κ1) is 20.2. The van der Waals surface area contributed by atoms with Gasteiger partial charge in [0.1, 0.15) is 10.8 Å². The summed E-state index contributed by atoms with van der Waals surface area (Å²) in [6.07, 6.45) is 1.87. The maximum Gasteiger partial charge on any atom is 0.199 e. The molecule has 0 saturated carbocycles. The van der Waals surface area contributed by atoms with Crippen molar-refractivity contribution in [3.63, 3.8) is 0 Å². The zero-order valence-corrected chi connectivity index (χ0v) is 18.6. The summed E-state index contributed by atoms with van der Waals surface area (Å²) < 4.78 is 18.3. The summed E-state index contributed by atoms with van der Waals surface area (Å²) in [5, 5.41) is 1.09. The second-order valence-electron chi connectivity index (χ2n) is 7.89. The Balaban J connectivity index is 1.63. The van der Waals surface area contributed by atoms with Gasteiger partial charge in [0, 0.05) is 44.3 Å². The van der Waals surface area contributed by atoms with E-state index in [9.17, 15) is 4.79 Å². The molecule has 5 nitrogen and oxygen atoms in total. The number of piperazine rings is 1. The number of anilines is 1. The first-order chi connectivity index (χ1) is 15.1. The van der Waals surface area contributed by atoms with E-state index in [-0.39, 0.29) is 11.2 Å². The number of hydrogen-bond donors (Lipinski definition) is 0. The lowest BCUT2D eigenvalue weighted by atomic mass is 10.1. The van der Waals surface area contributed by atoms with Crippen molar-refractivity contribution < 1.29 is 4.39 Å². The first-order valence-electron chi connectivity index (χ1n) is 10.8. The number of aryl methyl sites for hydroxylation is 1. The van der Waals surface area contributed by atoms with E-state index >= 15 is 4.39 Å². The van der Waals surface area contributed by atoms with Crippen LogP contribution >= 0.6 is 11.3 Å². The second kappa shape index (κ2) is 8.05. The number of fused-ring (bicyclic) bond motifs is 2. The van der Waals surface area contributed by atoms with Crippen LogP contribution in [0.4, 0.5) is 10.1 Å². The monoisotopic (exact) mass is 436 g/mol. The highest BCUT2D eigenvalue weighted by Crippen LogP contribution is 2.31. The molecule has 31 heavy (non-hydrogen) atoms. The smallest absolute Gasteiger partial charge is 0.199 e. The molecule has 1 fully saturated rings. The van der Waals surface area contributed by atoms with Crippen molar-refractivity contribution in [2.45, 2.75) is 20.4 Å². The van der Waals surface area contributed by atoms with Gasteiger partial charge in [0.15, 0.2) is 5.43 Å². The normalized spacial score (nSPS) is 15.3. The molecule has 0 amide bonds. The molecule has 3 heterocycles. The number of hydrogen-bond acceptors (Lipinski definition) is 5. The Morgan fingerprint density at radius 2 is 1.84 bits per heavy atom. The van der Waals surface area contributed by atoms with E-state index in [4.69, 9.17) is 0 Å². The first-order valence-corrected chi connectivity index (χ1v) is 11.6. The third-order valence-electron chi connectivity index (χ3n) is 6.17. The maximum absolute atomic E-state index is 15.2. The summed E-state index contributed by atoms with van der Waals surface area (Å²) in [7, 11) is 0. The van der Waals surface area contributed by atoms with Crippen molar-refractivity contribution in [3.8, 4) is 10.6 Å². The lowest BCUT2D eigenvalue weighted by Crippen LogP contribution is -2.46. The van der Waals surface area contributed by atoms with Crippen LogP contribution in [0.25, 0.3) is 31.7 Å². The van der Waals surface area contributed by atoms with Gasteiger partial charge in [-0.15, -0.1) is 11.3 Å². The summed E-state index contributed by atoms with van der Waals surface area (Å²) in [5.74, 6) is -0.335. The van der Waals surface area contributed by atoms with Gasteiger partial charge in [0.2, 0.25) is 0 Å². The number of benzene rings is 2. The lowest BCUT2D eigenvalue weighted by molar-refractivity contribution is 0.270. The summed E-state index contributed by atoms with van der Waals surface area (Å²) in [5.41, 5.74) is 2.58.